The molecule has 2 fully saturated rings. The minimum Gasteiger partial charge on any atom is -0.392 e. The summed E-state index contributed by atoms with van der Waals surface area (Å²) in [6, 6.07) is 20.1. The molecular weight excluding hydrogens is 416 g/mol. The lowest BCUT2D eigenvalue weighted by Gasteiger charge is -2.30. The van der Waals surface area contributed by atoms with Gasteiger partial charge in [-0.25, -0.2) is 4.98 Å². The third kappa shape index (κ3) is 4.71. The van der Waals surface area contributed by atoms with Gasteiger partial charge in [0.1, 0.15) is 5.82 Å². The molecule has 4 atom stereocenters. The van der Waals surface area contributed by atoms with Crippen molar-refractivity contribution in [2.24, 2.45) is 5.92 Å². The number of H-pyrrole nitrogens is 1. The molecule has 1 saturated carbocycles. The van der Waals surface area contributed by atoms with Crippen molar-refractivity contribution in [2.75, 3.05) is 26.3 Å². The number of rotatable bonds is 6. The number of benzene rings is 2. The lowest BCUT2D eigenvalue weighted by Crippen LogP contribution is -2.45. The smallest absolute Gasteiger partial charge is 0.228 e. The summed E-state index contributed by atoms with van der Waals surface area (Å²) < 4.78 is 5.40. The first-order chi connectivity index (χ1) is 16.2. The Bertz CT molecular complexity index is 1050. The van der Waals surface area contributed by atoms with E-state index >= 15 is 0 Å². The van der Waals surface area contributed by atoms with Gasteiger partial charge in [0.15, 0.2) is 0 Å². The number of carbonyl (C=O) groups is 1. The molecule has 172 valence electrons. The minimum absolute atomic E-state index is 0.0163. The number of aromatic amines is 1. The number of nitrogens with zero attached hydrogens (tertiary/aromatic N) is 2. The summed E-state index contributed by atoms with van der Waals surface area (Å²) in [7, 11) is 0. The van der Waals surface area contributed by atoms with Crippen molar-refractivity contribution in [2.45, 2.75) is 31.0 Å². The number of hydrogen-bond donors (Lipinski definition) is 3. The van der Waals surface area contributed by atoms with Crippen molar-refractivity contribution in [3.8, 4) is 11.4 Å². The lowest BCUT2D eigenvalue weighted by molar-refractivity contribution is -0.142. The average Bonchev–Trinajstić information content (AvgIpc) is 3.48. The van der Waals surface area contributed by atoms with Crippen molar-refractivity contribution in [1.29, 1.82) is 0 Å². The molecule has 2 aliphatic rings. The molecule has 1 amide bonds. The molecule has 1 saturated heterocycles. The normalized spacial score (nSPS) is 25.3. The van der Waals surface area contributed by atoms with Gasteiger partial charge in [0, 0.05) is 49.0 Å². The topological polar surface area (TPSA) is 90.5 Å². The van der Waals surface area contributed by atoms with Crippen LogP contribution in [0.4, 0.5) is 0 Å². The summed E-state index contributed by atoms with van der Waals surface area (Å²) in [6.45, 7) is 2.93. The van der Waals surface area contributed by atoms with Gasteiger partial charge in [-0.2, -0.15) is 0 Å². The summed E-state index contributed by atoms with van der Waals surface area (Å²) in [5, 5.41) is 15.0. The van der Waals surface area contributed by atoms with E-state index in [1.54, 1.807) is 6.20 Å². The molecule has 3 N–H and O–H groups in total. The largest absolute Gasteiger partial charge is 0.392 e. The van der Waals surface area contributed by atoms with Crippen LogP contribution in [0.1, 0.15) is 23.6 Å². The third-order valence-corrected chi connectivity index (χ3v) is 6.77. The zero-order chi connectivity index (χ0) is 22.6. The fourth-order valence-electron chi connectivity index (χ4n) is 5.02. The van der Waals surface area contributed by atoms with Gasteiger partial charge in [0.2, 0.25) is 5.91 Å². The fourth-order valence-corrected chi connectivity index (χ4v) is 5.02. The number of aliphatic hydroxyl groups is 1. The van der Waals surface area contributed by atoms with Crippen LogP contribution in [0, 0.1) is 5.92 Å². The first-order valence-electron chi connectivity index (χ1n) is 11.6. The van der Waals surface area contributed by atoms with Crippen LogP contribution in [0.25, 0.3) is 11.4 Å². The van der Waals surface area contributed by atoms with Crippen LogP contribution in [0.15, 0.2) is 66.9 Å². The van der Waals surface area contributed by atoms with Gasteiger partial charge in [-0.3, -0.25) is 4.79 Å². The van der Waals surface area contributed by atoms with Crippen LogP contribution in [-0.4, -0.2) is 64.3 Å². The molecule has 33 heavy (non-hydrogen) atoms. The Hall–Kier alpha value is -3.00. The van der Waals surface area contributed by atoms with E-state index in [4.69, 9.17) is 4.74 Å². The number of aromatic nitrogens is 2. The first-order valence-corrected chi connectivity index (χ1v) is 11.6. The maximum atomic E-state index is 13.3. The quantitative estimate of drug-likeness (QED) is 0.542. The molecule has 0 radical (unpaired) electrons. The molecule has 0 bridgehead atoms. The van der Waals surface area contributed by atoms with Gasteiger partial charge in [-0.05, 0) is 12.0 Å². The molecule has 1 aliphatic heterocycles. The van der Waals surface area contributed by atoms with Crippen LogP contribution in [0.2, 0.25) is 0 Å². The second-order valence-electron chi connectivity index (χ2n) is 8.82. The molecule has 3 aromatic rings. The highest BCUT2D eigenvalue weighted by molar-refractivity contribution is 5.80. The van der Waals surface area contributed by atoms with Gasteiger partial charge in [-0.1, -0.05) is 60.7 Å². The Morgan fingerprint density at radius 2 is 1.79 bits per heavy atom. The molecule has 1 aromatic heterocycles. The Morgan fingerprint density at radius 3 is 2.52 bits per heavy atom. The summed E-state index contributed by atoms with van der Waals surface area (Å²) in [5.41, 5.74) is 3.01. The molecule has 5 rings (SSSR count). The second kappa shape index (κ2) is 9.87. The van der Waals surface area contributed by atoms with E-state index in [1.165, 1.54) is 5.56 Å². The van der Waals surface area contributed by atoms with Crippen molar-refractivity contribution in [3.05, 3.63) is 78.1 Å². The predicted molar refractivity (Wildman–Crippen MR) is 125 cm³/mol. The third-order valence-electron chi connectivity index (χ3n) is 6.77. The fraction of sp³-hybridized carbons (Fsp3) is 0.385. The van der Waals surface area contributed by atoms with Gasteiger partial charge in [-0.15, -0.1) is 0 Å². The van der Waals surface area contributed by atoms with Crippen LogP contribution in [0.3, 0.4) is 0 Å². The highest BCUT2D eigenvalue weighted by atomic mass is 16.5. The standard InChI is InChI=1S/C26H30N4O3/c31-24-20(26(32)30-11-13-33-14-12-30)15-21(27-16-18-7-3-1-4-8-18)23(24)22-17-28-25(29-22)19-9-5-2-6-10-19/h1-10,17,20-21,23-24,27,31H,11-16H2,(H,28,29)/t20-,21+,23+,24+/m0/s1. The van der Waals surface area contributed by atoms with Crippen molar-refractivity contribution in [3.63, 3.8) is 0 Å². The number of nitrogens with one attached hydrogen (secondary N) is 2. The van der Waals surface area contributed by atoms with Gasteiger partial charge in [0.25, 0.3) is 0 Å². The average molecular weight is 447 g/mol. The molecular formula is C26H30N4O3. The van der Waals surface area contributed by atoms with E-state index < -0.39 is 12.0 Å². The van der Waals surface area contributed by atoms with E-state index in [2.05, 4.69) is 27.4 Å². The van der Waals surface area contributed by atoms with Crippen LogP contribution in [0.5, 0.6) is 0 Å². The van der Waals surface area contributed by atoms with E-state index in [1.807, 2.05) is 53.4 Å². The molecule has 2 aromatic carbocycles. The molecule has 0 spiro atoms. The number of imidazole rings is 1. The van der Waals surface area contributed by atoms with Crippen molar-refractivity contribution >= 4 is 5.91 Å². The number of ether oxygens (including phenoxy) is 1. The molecule has 0 unspecified atom stereocenters. The Kier molecular flexibility index (Phi) is 6.53. The first kappa shape index (κ1) is 21.8. The molecule has 7 nitrogen and oxygen atoms in total. The Morgan fingerprint density at radius 1 is 1.09 bits per heavy atom. The number of amides is 1. The highest BCUT2D eigenvalue weighted by Crippen LogP contribution is 2.40. The maximum absolute atomic E-state index is 13.3. The molecule has 2 heterocycles. The Labute approximate surface area is 193 Å². The maximum Gasteiger partial charge on any atom is 0.228 e. The Balaban J connectivity index is 1.39. The van der Waals surface area contributed by atoms with Crippen LogP contribution >= 0.6 is 0 Å². The minimum atomic E-state index is -0.794. The van der Waals surface area contributed by atoms with E-state index in [9.17, 15) is 9.90 Å². The predicted octanol–water partition coefficient (Wildman–Crippen LogP) is 2.56. The van der Waals surface area contributed by atoms with E-state index in [0.29, 0.717) is 39.3 Å². The second-order valence-corrected chi connectivity index (χ2v) is 8.82. The number of hydrogen-bond acceptors (Lipinski definition) is 5. The highest BCUT2D eigenvalue weighted by Gasteiger charge is 2.48. The monoisotopic (exact) mass is 446 g/mol. The van der Waals surface area contributed by atoms with Gasteiger partial charge in [0.05, 0.1) is 25.2 Å². The molecule has 7 heteroatoms. The van der Waals surface area contributed by atoms with Crippen molar-refractivity contribution in [1.82, 2.24) is 20.2 Å². The molecule has 1 aliphatic carbocycles. The van der Waals surface area contributed by atoms with Crippen molar-refractivity contribution < 1.29 is 14.6 Å². The summed E-state index contributed by atoms with van der Waals surface area (Å²) in [4.78, 5) is 23.1. The SMILES string of the molecule is O=C([C@H]1C[C@@H](NCc2ccccc2)[C@H](c2cnc(-c3ccccc3)[nH]2)[C@@H]1O)N1CCOCC1. The number of carbonyl (C=O) groups excluding carboxylic acids is 1. The zero-order valence-electron chi connectivity index (χ0n) is 18.6. The van der Waals surface area contributed by atoms with Gasteiger partial charge >= 0.3 is 0 Å². The number of aliphatic hydroxyl groups excluding tert-OH is 1. The summed E-state index contributed by atoms with van der Waals surface area (Å²) in [6.07, 6.45) is 1.58. The summed E-state index contributed by atoms with van der Waals surface area (Å²) in [5.74, 6) is 0.0729. The van der Waals surface area contributed by atoms with Crippen LogP contribution < -0.4 is 5.32 Å². The summed E-state index contributed by atoms with van der Waals surface area (Å²) >= 11 is 0. The van der Waals surface area contributed by atoms with E-state index in [0.717, 1.165) is 17.1 Å². The number of morpholine rings is 1. The zero-order valence-corrected chi connectivity index (χ0v) is 18.6. The van der Waals surface area contributed by atoms with E-state index in [-0.39, 0.29) is 17.9 Å². The van der Waals surface area contributed by atoms with Gasteiger partial charge < -0.3 is 25.0 Å². The van der Waals surface area contributed by atoms with Crippen LogP contribution in [-0.2, 0) is 16.1 Å². The lowest BCUT2D eigenvalue weighted by atomic mass is 9.95.